The van der Waals surface area contributed by atoms with E-state index in [9.17, 15) is 0 Å². The molecule has 0 aliphatic rings. The molecule has 0 saturated heterocycles. The number of unbranched alkanes of at least 4 members (excludes halogenated alkanes) is 3. The van der Waals surface area contributed by atoms with Crippen LogP contribution in [-0.4, -0.2) is 18.3 Å². The summed E-state index contributed by atoms with van der Waals surface area (Å²) in [5.41, 5.74) is 0. The zero-order valence-electron chi connectivity index (χ0n) is 8.35. The molecule has 0 amide bonds. The van der Waals surface area contributed by atoms with Crippen LogP contribution in [0.3, 0.4) is 0 Å². The van der Waals surface area contributed by atoms with Crippen molar-refractivity contribution in [3.8, 4) is 0 Å². The standard InChI is InChI=1S/C9H19O2.Ti/c1-4-5-6-7-8-9(10-2)11-3;/h4-8H2,1-3H3;. The summed E-state index contributed by atoms with van der Waals surface area (Å²) in [5.74, 6) is 0. The van der Waals surface area contributed by atoms with E-state index >= 15 is 0 Å². The minimum atomic E-state index is -0.367. The van der Waals surface area contributed by atoms with Crippen molar-refractivity contribution in [2.45, 2.75) is 43.1 Å². The van der Waals surface area contributed by atoms with E-state index in [2.05, 4.69) is 6.92 Å². The van der Waals surface area contributed by atoms with Crippen LogP contribution in [0.5, 0.6) is 0 Å². The second kappa shape index (κ2) is 7.08. The predicted molar refractivity (Wildman–Crippen MR) is 45.5 cm³/mol. The average molecular weight is 207 g/mol. The molecule has 0 N–H and O–H groups in total. The van der Waals surface area contributed by atoms with E-state index in [1.807, 2.05) is 20.4 Å². The van der Waals surface area contributed by atoms with Crippen LogP contribution in [0.1, 0.15) is 39.0 Å². The minimum absolute atomic E-state index is 0.367. The molecular weight excluding hydrogens is 188 g/mol. The summed E-state index contributed by atoms with van der Waals surface area (Å²) in [6.07, 6.45) is 6.03. The molecule has 12 heavy (non-hydrogen) atoms. The van der Waals surface area contributed by atoms with Crippen molar-refractivity contribution in [3.05, 3.63) is 0 Å². The zero-order valence-corrected chi connectivity index (χ0v) is 9.91. The Labute approximate surface area is 87.4 Å². The van der Waals surface area contributed by atoms with Crippen LogP contribution in [0.4, 0.5) is 0 Å². The van der Waals surface area contributed by atoms with Crippen LogP contribution in [0.15, 0.2) is 0 Å². The average Bonchev–Trinajstić information content (AvgIpc) is 2.12. The molecule has 0 spiro atoms. The molecule has 0 fully saturated rings. The van der Waals surface area contributed by atoms with Crippen molar-refractivity contribution >= 4 is 0 Å². The maximum atomic E-state index is 5.24. The predicted octanol–water partition coefficient (Wildman–Crippen LogP) is 2.45. The van der Waals surface area contributed by atoms with Crippen molar-refractivity contribution in [2.75, 3.05) is 14.2 Å². The molecule has 0 saturated carbocycles. The third-order valence-electron chi connectivity index (χ3n) is 2.02. The molecule has 0 aromatic rings. The van der Waals surface area contributed by atoms with Gasteiger partial charge < -0.3 is 0 Å². The van der Waals surface area contributed by atoms with Gasteiger partial charge in [-0.2, -0.15) is 0 Å². The van der Waals surface area contributed by atoms with Crippen LogP contribution < -0.4 is 0 Å². The molecule has 0 rings (SSSR count). The van der Waals surface area contributed by atoms with Crippen molar-refractivity contribution in [1.82, 2.24) is 0 Å². The first kappa shape index (κ1) is 12.6. The van der Waals surface area contributed by atoms with E-state index in [1.54, 1.807) is 14.2 Å². The topological polar surface area (TPSA) is 18.5 Å². The number of ether oxygens (including phenoxy) is 2. The van der Waals surface area contributed by atoms with Crippen LogP contribution in [0.25, 0.3) is 0 Å². The summed E-state index contributed by atoms with van der Waals surface area (Å²) in [4.78, 5) is 0. The second-order valence-electron chi connectivity index (χ2n) is 2.97. The molecule has 3 heteroatoms. The molecule has 0 aliphatic heterocycles. The molecule has 0 unspecified atom stereocenters. The fourth-order valence-electron chi connectivity index (χ4n) is 1.07. The van der Waals surface area contributed by atoms with Gasteiger partial charge in [-0.15, -0.1) is 0 Å². The number of rotatable bonds is 7. The Morgan fingerprint density at radius 1 is 1.08 bits per heavy atom. The van der Waals surface area contributed by atoms with Gasteiger partial charge in [0.1, 0.15) is 0 Å². The molecule has 71 valence electrons. The summed E-state index contributed by atoms with van der Waals surface area (Å²) < 4.78 is 10.1. The first-order chi connectivity index (χ1) is 5.68. The van der Waals surface area contributed by atoms with E-state index in [0.29, 0.717) is 0 Å². The molecule has 2 nitrogen and oxygen atoms in total. The fraction of sp³-hybridized carbons (Fsp3) is 1.00. The summed E-state index contributed by atoms with van der Waals surface area (Å²) in [5, 5.41) is 0. The van der Waals surface area contributed by atoms with Gasteiger partial charge >= 0.3 is 87.2 Å². The first-order valence-corrected chi connectivity index (χ1v) is 5.32. The Kier molecular flexibility index (Phi) is 7.45. The molecule has 0 radical (unpaired) electrons. The Hall–Kier alpha value is 0.634. The van der Waals surface area contributed by atoms with Gasteiger partial charge in [-0.05, 0) is 0 Å². The van der Waals surface area contributed by atoms with Crippen LogP contribution >= 0.6 is 0 Å². The first-order valence-electron chi connectivity index (χ1n) is 4.54. The van der Waals surface area contributed by atoms with E-state index in [4.69, 9.17) is 9.47 Å². The van der Waals surface area contributed by atoms with Crippen LogP contribution in [0, 0.1) is 0 Å². The normalized spacial score (nSPS) is 11.8. The monoisotopic (exact) mass is 207 g/mol. The fourth-order valence-corrected chi connectivity index (χ4v) is 1.35. The van der Waals surface area contributed by atoms with Gasteiger partial charge in [-0.25, -0.2) is 0 Å². The van der Waals surface area contributed by atoms with Gasteiger partial charge in [0.05, 0.1) is 0 Å². The molecule has 0 atom stereocenters. The van der Waals surface area contributed by atoms with Crippen molar-refractivity contribution in [1.29, 1.82) is 0 Å². The molecular formula is C9H19O2Ti. The van der Waals surface area contributed by atoms with Crippen molar-refractivity contribution in [3.63, 3.8) is 0 Å². The molecule has 0 bridgehead atoms. The summed E-state index contributed by atoms with van der Waals surface area (Å²) in [6.45, 7) is 2.21. The third kappa shape index (κ3) is 5.31. The van der Waals surface area contributed by atoms with Crippen molar-refractivity contribution in [2.24, 2.45) is 0 Å². The van der Waals surface area contributed by atoms with Gasteiger partial charge in [-0.3, -0.25) is 0 Å². The SMILES string of the molecule is CCCCCC[C]([Ti])(OC)OC. The molecule has 0 heterocycles. The van der Waals surface area contributed by atoms with Gasteiger partial charge in [-0.1, -0.05) is 0 Å². The third-order valence-corrected chi connectivity index (χ3v) is 3.05. The molecule has 0 aromatic heterocycles. The Morgan fingerprint density at radius 2 is 1.67 bits per heavy atom. The maximum absolute atomic E-state index is 5.24. The number of methoxy groups -OCH3 is 2. The van der Waals surface area contributed by atoms with Gasteiger partial charge in [0.15, 0.2) is 0 Å². The van der Waals surface area contributed by atoms with Crippen molar-refractivity contribution < 1.29 is 29.9 Å². The van der Waals surface area contributed by atoms with E-state index < -0.39 is 0 Å². The summed E-state index contributed by atoms with van der Waals surface area (Å²) in [7, 11) is 3.40. The number of hydrogen-bond acceptors (Lipinski definition) is 2. The Bertz CT molecular complexity index is 103. The van der Waals surface area contributed by atoms with Gasteiger partial charge in [0.2, 0.25) is 0 Å². The molecule has 0 aromatic carbocycles. The Morgan fingerprint density at radius 3 is 2.08 bits per heavy atom. The quantitative estimate of drug-likeness (QED) is 0.362. The second-order valence-corrected chi connectivity index (χ2v) is 4.16. The van der Waals surface area contributed by atoms with Crippen LogP contribution in [-0.2, 0) is 29.9 Å². The van der Waals surface area contributed by atoms with E-state index in [1.165, 1.54) is 25.7 Å². The van der Waals surface area contributed by atoms with Gasteiger partial charge in [0, 0.05) is 0 Å². The summed E-state index contributed by atoms with van der Waals surface area (Å²) >= 11 is 1.99. The zero-order chi connectivity index (χ0) is 9.45. The van der Waals surface area contributed by atoms with E-state index in [0.717, 1.165) is 6.42 Å². The molecule has 0 aliphatic carbocycles. The summed E-state index contributed by atoms with van der Waals surface area (Å²) in [6, 6.07) is 0. The van der Waals surface area contributed by atoms with E-state index in [-0.39, 0.29) is 4.09 Å². The Balaban J connectivity index is 3.45. The number of hydrogen-bond donors (Lipinski definition) is 0. The van der Waals surface area contributed by atoms with Crippen LogP contribution in [0.2, 0.25) is 0 Å². The van der Waals surface area contributed by atoms with Gasteiger partial charge in [0.25, 0.3) is 0 Å².